The molecule has 10 nitrogen and oxygen atoms in total. The lowest BCUT2D eigenvalue weighted by Crippen LogP contribution is -2.41. The molecule has 2 aromatic rings. The zero-order valence-electron chi connectivity index (χ0n) is 16.3. The van der Waals surface area contributed by atoms with E-state index in [-0.39, 0.29) is 6.61 Å². The Balaban J connectivity index is 2.02. The third kappa shape index (κ3) is 7.07. The highest BCUT2D eigenvalue weighted by Gasteiger charge is 2.24. The molecule has 0 bridgehead atoms. The van der Waals surface area contributed by atoms with Crippen molar-refractivity contribution in [3.63, 3.8) is 0 Å². The van der Waals surface area contributed by atoms with Gasteiger partial charge in [-0.1, -0.05) is 30.3 Å². The molecule has 0 saturated heterocycles. The SMILES string of the molecule is C[N+](C)(CCOC(=O)Oc1ccc(S(=O)(=O)O)cc1S(=O)(=O)O)Cc1ccccc1. The molecule has 0 saturated carbocycles. The first-order chi connectivity index (χ1) is 13.8. The van der Waals surface area contributed by atoms with Gasteiger partial charge in [-0.3, -0.25) is 9.11 Å². The lowest BCUT2D eigenvalue weighted by atomic mass is 10.2. The van der Waals surface area contributed by atoms with E-state index in [9.17, 15) is 26.2 Å². The standard InChI is InChI=1S/C18H21NO9S2/c1-19(2,13-14-6-4-3-5-7-14)10-11-27-18(20)28-16-9-8-15(29(21,22)23)12-17(16)30(24,25)26/h3-9,12H,10-11,13H2,1-2H3,(H-,21,22,23,24,25,26)/p+1. The monoisotopic (exact) mass is 460 g/mol. The Morgan fingerprint density at radius 2 is 1.60 bits per heavy atom. The van der Waals surface area contributed by atoms with Gasteiger partial charge in [0, 0.05) is 5.56 Å². The zero-order chi connectivity index (χ0) is 22.6. The summed E-state index contributed by atoms with van der Waals surface area (Å²) in [5.74, 6) is -0.645. The number of hydrogen-bond donors (Lipinski definition) is 2. The second-order valence-electron chi connectivity index (χ2n) is 7.06. The fourth-order valence-electron chi connectivity index (χ4n) is 2.59. The Hall–Kier alpha value is -2.51. The summed E-state index contributed by atoms with van der Waals surface area (Å²) >= 11 is 0. The van der Waals surface area contributed by atoms with E-state index in [0.29, 0.717) is 23.6 Å². The molecular formula is C18H22NO9S2+. The summed E-state index contributed by atoms with van der Waals surface area (Å²) in [6.45, 7) is 1.07. The molecule has 2 aromatic carbocycles. The van der Waals surface area contributed by atoms with E-state index < -0.39 is 41.9 Å². The van der Waals surface area contributed by atoms with E-state index in [4.69, 9.17) is 14.0 Å². The molecule has 0 aromatic heterocycles. The quantitative estimate of drug-likeness (QED) is 0.261. The third-order valence-corrected chi connectivity index (χ3v) is 5.78. The van der Waals surface area contributed by atoms with Crippen LogP contribution in [-0.2, 0) is 31.5 Å². The van der Waals surface area contributed by atoms with E-state index >= 15 is 0 Å². The van der Waals surface area contributed by atoms with Crippen molar-refractivity contribution in [2.24, 2.45) is 0 Å². The lowest BCUT2D eigenvalue weighted by molar-refractivity contribution is -0.903. The molecule has 30 heavy (non-hydrogen) atoms. The van der Waals surface area contributed by atoms with E-state index in [0.717, 1.165) is 17.7 Å². The highest BCUT2D eigenvalue weighted by Crippen LogP contribution is 2.27. The minimum atomic E-state index is -4.95. The van der Waals surface area contributed by atoms with Crippen molar-refractivity contribution < 1.29 is 44.7 Å². The minimum Gasteiger partial charge on any atom is -0.428 e. The fraction of sp³-hybridized carbons (Fsp3) is 0.278. The van der Waals surface area contributed by atoms with Crippen LogP contribution >= 0.6 is 0 Å². The van der Waals surface area contributed by atoms with Crippen molar-refractivity contribution in [3.05, 3.63) is 54.1 Å². The summed E-state index contributed by atoms with van der Waals surface area (Å²) in [6.07, 6.45) is -1.24. The maximum Gasteiger partial charge on any atom is 0.514 e. The van der Waals surface area contributed by atoms with E-state index in [2.05, 4.69) is 0 Å². The van der Waals surface area contributed by atoms with E-state index in [1.54, 1.807) is 0 Å². The number of rotatable bonds is 8. The average Bonchev–Trinajstić information content (AvgIpc) is 2.60. The Morgan fingerprint density at radius 1 is 0.967 bits per heavy atom. The van der Waals surface area contributed by atoms with Crippen LogP contribution in [0.1, 0.15) is 5.56 Å². The van der Waals surface area contributed by atoms with Crippen molar-refractivity contribution in [1.29, 1.82) is 0 Å². The molecule has 2 N–H and O–H groups in total. The second-order valence-corrected chi connectivity index (χ2v) is 9.87. The van der Waals surface area contributed by atoms with Crippen molar-refractivity contribution >= 4 is 26.4 Å². The Bertz CT molecular complexity index is 1110. The van der Waals surface area contributed by atoms with Gasteiger partial charge in [0.05, 0.1) is 19.0 Å². The van der Waals surface area contributed by atoms with Gasteiger partial charge in [-0.05, 0) is 18.2 Å². The zero-order valence-corrected chi connectivity index (χ0v) is 17.9. The fourth-order valence-corrected chi connectivity index (χ4v) is 3.81. The summed E-state index contributed by atoms with van der Waals surface area (Å²) in [5.41, 5.74) is 1.10. The first-order valence-electron chi connectivity index (χ1n) is 8.57. The predicted octanol–water partition coefficient (Wildman–Crippen LogP) is 1.97. The molecule has 0 radical (unpaired) electrons. The van der Waals surface area contributed by atoms with Crippen LogP contribution in [0.2, 0.25) is 0 Å². The first kappa shape index (κ1) is 23.8. The summed E-state index contributed by atoms with van der Waals surface area (Å²) in [6, 6.07) is 11.8. The van der Waals surface area contributed by atoms with Crippen LogP contribution in [0.4, 0.5) is 4.79 Å². The highest BCUT2D eigenvalue weighted by atomic mass is 32.2. The van der Waals surface area contributed by atoms with Crippen LogP contribution in [0.25, 0.3) is 0 Å². The van der Waals surface area contributed by atoms with Gasteiger partial charge in [0.25, 0.3) is 20.2 Å². The molecule has 0 spiro atoms. The highest BCUT2D eigenvalue weighted by molar-refractivity contribution is 7.86. The molecule has 0 aliphatic rings. The first-order valence-corrected chi connectivity index (χ1v) is 11.5. The smallest absolute Gasteiger partial charge is 0.428 e. The van der Waals surface area contributed by atoms with Crippen molar-refractivity contribution in [2.45, 2.75) is 16.3 Å². The van der Waals surface area contributed by atoms with Crippen LogP contribution in [0.15, 0.2) is 58.3 Å². The van der Waals surface area contributed by atoms with Crippen molar-refractivity contribution in [2.75, 3.05) is 27.2 Å². The van der Waals surface area contributed by atoms with E-state index in [1.807, 2.05) is 44.4 Å². The van der Waals surface area contributed by atoms with Gasteiger partial charge < -0.3 is 14.0 Å². The maximum atomic E-state index is 11.9. The molecule has 0 aliphatic carbocycles. The molecule has 164 valence electrons. The molecule has 0 unspecified atom stereocenters. The Labute approximate surface area is 174 Å². The minimum absolute atomic E-state index is 0.0387. The van der Waals surface area contributed by atoms with Crippen LogP contribution < -0.4 is 4.74 Å². The number of nitrogens with zero attached hydrogens (tertiary/aromatic N) is 1. The van der Waals surface area contributed by atoms with Crippen molar-refractivity contribution in [1.82, 2.24) is 0 Å². The molecule has 0 heterocycles. The van der Waals surface area contributed by atoms with Crippen molar-refractivity contribution in [3.8, 4) is 5.75 Å². The number of hydrogen-bond acceptors (Lipinski definition) is 7. The molecular weight excluding hydrogens is 438 g/mol. The molecule has 0 fully saturated rings. The van der Waals surface area contributed by atoms with Gasteiger partial charge in [0.1, 0.15) is 24.6 Å². The summed E-state index contributed by atoms with van der Waals surface area (Å²) in [7, 11) is -5.81. The van der Waals surface area contributed by atoms with Gasteiger partial charge in [-0.2, -0.15) is 16.8 Å². The molecule has 0 atom stereocenters. The number of benzene rings is 2. The van der Waals surface area contributed by atoms with Gasteiger partial charge in [-0.25, -0.2) is 4.79 Å². The average molecular weight is 461 g/mol. The van der Waals surface area contributed by atoms with Gasteiger partial charge in [-0.15, -0.1) is 0 Å². The largest absolute Gasteiger partial charge is 0.514 e. The lowest BCUT2D eigenvalue weighted by Gasteiger charge is -2.29. The van der Waals surface area contributed by atoms with Crippen LogP contribution in [-0.4, -0.2) is 63.8 Å². The topological polar surface area (TPSA) is 144 Å². The molecule has 0 amide bonds. The number of likely N-dealkylation sites (N-methyl/N-ethyl adjacent to an activating group) is 1. The van der Waals surface area contributed by atoms with Crippen LogP contribution in [0.3, 0.4) is 0 Å². The Morgan fingerprint density at radius 3 is 2.17 bits per heavy atom. The summed E-state index contributed by atoms with van der Waals surface area (Å²) < 4.78 is 73.8. The number of carbonyl (C=O) groups excluding carboxylic acids is 1. The van der Waals surface area contributed by atoms with Gasteiger partial charge in [0.15, 0.2) is 5.75 Å². The number of carbonyl (C=O) groups is 1. The number of ether oxygens (including phenoxy) is 2. The van der Waals surface area contributed by atoms with Gasteiger partial charge >= 0.3 is 6.16 Å². The second kappa shape index (κ2) is 9.10. The molecule has 0 aliphatic heterocycles. The predicted molar refractivity (Wildman–Crippen MR) is 105 cm³/mol. The normalized spacial score (nSPS) is 12.4. The molecule has 12 heteroatoms. The summed E-state index contributed by atoms with van der Waals surface area (Å²) in [4.78, 5) is 10.1. The molecule has 2 rings (SSSR count). The van der Waals surface area contributed by atoms with Gasteiger partial charge in [0.2, 0.25) is 0 Å². The van der Waals surface area contributed by atoms with E-state index in [1.165, 1.54) is 0 Å². The summed E-state index contributed by atoms with van der Waals surface area (Å²) in [5, 5.41) is 0. The number of quaternary nitrogens is 1. The van der Waals surface area contributed by atoms with Crippen LogP contribution in [0.5, 0.6) is 5.75 Å². The van der Waals surface area contributed by atoms with Crippen LogP contribution in [0, 0.1) is 0 Å². The maximum absolute atomic E-state index is 11.9. The Kier molecular flexibility index (Phi) is 7.21. The third-order valence-electron chi connectivity index (χ3n) is 4.05.